The first-order chi connectivity index (χ1) is 12.2. The molecule has 134 valence electrons. The molecular formula is C19H11F5O2. The Hall–Kier alpha value is -3.09. The van der Waals surface area contributed by atoms with Crippen LogP contribution >= 0.6 is 0 Å². The Morgan fingerprint density at radius 2 is 1.04 bits per heavy atom. The Balaban J connectivity index is 2.35. The first-order valence-corrected chi connectivity index (χ1v) is 7.36. The van der Waals surface area contributed by atoms with Crippen molar-refractivity contribution in [3.8, 4) is 11.5 Å². The van der Waals surface area contributed by atoms with Crippen molar-refractivity contribution in [1.29, 1.82) is 0 Å². The Morgan fingerprint density at radius 3 is 1.46 bits per heavy atom. The molecule has 2 nitrogen and oxygen atoms in total. The van der Waals surface area contributed by atoms with Crippen molar-refractivity contribution in [3.63, 3.8) is 0 Å². The van der Waals surface area contributed by atoms with Crippen LogP contribution in [-0.4, -0.2) is 10.2 Å². The molecule has 0 spiro atoms. The van der Waals surface area contributed by atoms with Crippen LogP contribution in [0.1, 0.15) is 16.7 Å². The van der Waals surface area contributed by atoms with Crippen molar-refractivity contribution in [2.75, 3.05) is 0 Å². The smallest absolute Gasteiger partial charge is 0.197 e. The summed E-state index contributed by atoms with van der Waals surface area (Å²) < 4.78 is 71.2. The molecule has 26 heavy (non-hydrogen) atoms. The Kier molecular flexibility index (Phi) is 4.31. The SMILES string of the molecule is Oc1ccc(C(F)(c2ccc(O)cc2)c2cc(F)c(F)c(F)c2F)cc1. The van der Waals surface area contributed by atoms with Crippen molar-refractivity contribution in [2.45, 2.75) is 5.67 Å². The average Bonchev–Trinajstić information content (AvgIpc) is 2.63. The minimum atomic E-state index is -2.92. The van der Waals surface area contributed by atoms with E-state index in [0.29, 0.717) is 0 Å². The highest BCUT2D eigenvalue weighted by atomic mass is 19.2. The van der Waals surface area contributed by atoms with Gasteiger partial charge < -0.3 is 10.2 Å². The number of hydrogen-bond acceptors (Lipinski definition) is 2. The first kappa shape index (κ1) is 17.7. The largest absolute Gasteiger partial charge is 0.508 e. The van der Waals surface area contributed by atoms with Gasteiger partial charge in [0.1, 0.15) is 11.5 Å². The van der Waals surface area contributed by atoms with E-state index in [9.17, 15) is 27.8 Å². The normalized spacial score (nSPS) is 11.6. The highest BCUT2D eigenvalue weighted by Crippen LogP contribution is 2.43. The fraction of sp³-hybridized carbons (Fsp3) is 0.0526. The molecular weight excluding hydrogens is 355 g/mol. The number of phenolic OH excluding ortho intramolecular Hbond substituents is 2. The standard InChI is InChI=1S/C19H11F5O2/c20-15-9-14(16(21)18(23)17(15)22)19(24,10-1-5-12(25)6-2-10)11-3-7-13(26)8-4-11/h1-9,25-26H. The topological polar surface area (TPSA) is 40.5 Å². The molecule has 0 atom stereocenters. The van der Waals surface area contributed by atoms with Gasteiger partial charge in [0, 0.05) is 5.56 Å². The summed E-state index contributed by atoms with van der Waals surface area (Å²) in [7, 11) is 0. The lowest BCUT2D eigenvalue weighted by Gasteiger charge is -2.28. The molecule has 0 unspecified atom stereocenters. The minimum absolute atomic E-state index is 0.209. The van der Waals surface area contributed by atoms with Crippen LogP contribution in [0, 0.1) is 23.3 Å². The molecule has 0 amide bonds. The number of benzene rings is 3. The quantitative estimate of drug-likeness (QED) is 0.299. The lowest BCUT2D eigenvalue weighted by molar-refractivity contribution is 0.263. The molecule has 0 aromatic heterocycles. The van der Waals surface area contributed by atoms with E-state index >= 15 is 4.39 Å². The fourth-order valence-corrected chi connectivity index (χ4v) is 2.68. The summed E-state index contributed by atoms with van der Waals surface area (Å²) in [4.78, 5) is 0. The Bertz CT molecular complexity index is 908. The third kappa shape index (κ3) is 2.75. The number of hydrogen-bond donors (Lipinski definition) is 2. The molecule has 0 aliphatic heterocycles. The maximum Gasteiger partial charge on any atom is 0.197 e. The zero-order chi connectivity index (χ0) is 19.1. The monoisotopic (exact) mass is 366 g/mol. The van der Waals surface area contributed by atoms with Gasteiger partial charge in [-0.3, -0.25) is 0 Å². The maximum atomic E-state index is 16.1. The van der Waals surface area contributed by atoms with Gasteiger partial charge in [0.25, 0.3) is 0 Å². The predicted molar refractivity (Wildman–Crippen MR) is 83.5 cm³/mol. The second kappa shape index (κ2) is 6.33. The van der Waals surface area contributed by atoms with Crippen molar-refractivity contribution in [1.82, 2.24) is 0 Å². The van der Waals surface area contributed by atoms with Gasteiger partial charge in [-0.15, -0.1) is 0 Å². The van der Waals surface area contributed by atoms with Crippen LogP contribution in [0.2, 0.25) is 0 Å². The molecule has 2 N–H and O–H groups in total. The van der Waals surface area contributed by atoms with E-state index in [-0.39, 0.29) is 28.7 Å². The number of halogens is 5. The third-order valence-electron chi connectivity index (χ3n) is 4.00. The van der Waals surface area contributed by atoms with Crippen LogP contribution in [-0.2, 0) is 5.67 Å². The van der Waals surface area contributed by atoms with Gasteiger partial charge in [0.15, 0.2) is 28.9 Å². The third-order valence-corrected chi connectivity index (χ3v) is 4.00. The second-order valence-electron chi connectivity index (χ2n) is 5.60. The molecule has 7 heteroatoms. The lowest BCUT2D eigenvalue weighted by Crippen LogP contribution is -2.26. The van der Waals surface area contributed by atoms with E-state index in [1.54, 1.807) is 0 Å². The van der Waals surface area contributed by atoms with Gasteiger partial charge in [-0.25, -0.2) is 22.0 Å². The van der Waals surface area contributed by atoms with Crippen molar-refractivity contribution >= 4 is 0 Å². The highest BCUT2D eigenvalue weighted by molar-refractivity contribution is 5.50. The number of phenols is 2. The molecule has 3 rings (SSSR count). The van der Waals surface area contributed by atoms with Gasteiger partial charge in [-0.05, 0) is 41.5 Å². The minimum Gasteiger partial charge on any atom is -0.508 e. The van der Waals surface area contributed by atoms with E-state index < -0.39 is 34.5 Å². The van der Waals surface area contributed by atoms with E-state index in [1.165, 1.54) is 0 Å². The molecule has 0 saturated carbocycles. The molecule has 0 aliphatic carbocycles. The van der Waals surface area contributed by atoms with Gasteiger partial charge >= 0.3 is 0 Å². The van der Waals surface area contributed by atoms with Crippen LogP contribution < -0.4 is 0 Å². The number of alkyl halides is 1. The second-order valence-corrected chi connectivity index (χ2v) is 5.60. The van der Waals surface area contributed by atoms with Gasteiger partial charge in [-0.2, -0.15) is 0 Å². The van der Waals surface area contributed by atoms with E-state index in [2.05, 4.69) is 0 Å². The van der Waals surface area contributed by atoms with Crippen molar-refractivity contribution < 1.29 is 32.2 Å². The summed E-state index contributed by atoms with van der Waals surface area (Å²) in [6, 6.07) is 9.07. The van der Waals surface area contributed by atoms with Gasteiger partial charge in [0.05, 0.1) is 0 Å². The van der Waals surface area contributed by atoms with Crippen molar-refractivity contribution in [3.05, 3.63) is 94.6 Å². The van der Waals surface area contributed by atoms with Gasteiger partial charge in [0.2, 0.25) is 0 Å². The molecule has 0 radical (unpaired) electrons. The van der Waals surface area contributed by atoms with Crippen molar-refractivity contribution in [2.24, 2.45) is 0 Å². The van der Waals surface area contributed by atoms with E-state index in [0.717, 1.165) is 48.5 Å². The predicted octanol–water partition coefficient (Wildman–Crippen LogP) is 4.92. The average molecular weight is 366 g/mol. The van der Waals surface area contributed by atoms with Crippen LogP contribution in [0.15, 0.2) is 54.6 Å². The zero-order valence-electron chi connectivity index (χ0n) is 13.0. The summed E-state index contributed by atoms with van der Waals surface area (Å²) in [6.07, 6.45) is 0. The zero-order valence-corrected chi connectivity index (χ0v) is 13.0. The van der Waals surface area contributed by atoms with E-state index in [1.807, 2.05) is 0 Å². The Morgan fingerprint density at radius 1 is 0.615 bits per heavy atom. The highest BCUT2D eigenvalue weighted by Gasteiger charge is 2.41. The number of rotatable bonds is 3. The summed E-state index contributed by atoms with van der Waals surface area (Å²) in [5.41, 5.74) is -4.51. The molecule has 0 heterocycles. The Labute approximate surface area is 144 Å². The van der Waals surface area contributed by atoms with E-state index in [4.69, 9.17) is 0 Å². The van der Waals surface area contributed by atoms with Crippen LogP contribution in [0.3, 0.4) is 0 Å². The molecule has 3 aromatic rings. The number of aromatic hydroxyl groups is 2. The van der Waals surface area contributed by atoms with Crippen LogP contribution in [0.25, 0.3) is 0 Å². The first-order valence-electron chi connectivity index (χ1n) is 7.36. The van der Waals surface area contributed by atoms with Crippen LogP contribution in [0.5, 0.6) is 11.5 Å². The lowest BCUT2D eigenvalue weighted by atomic mass is 9.81. The molecule has 3 aromatic carbocycles. The van der Waals surface area contributed by atoms with Crippen LogP contribution in [0.4, 0.5) is 22.0 Å². The van der Waals surface area contributed by atoms with Gasteiger partial charge in [-0.1, -0.05) is 24.3 Å². The molecule has 0 aliphatic rings. The summed E-state index contributed by atoms with van der Waals surface area (Å²) in [5, 5.41) is 18.8. The molecule has 0 saturated heterocycles. The molecule has 0 fully saturated rings. The maximum absolute atomic E-state index is 16.1. The summed E-state index contributed by atoms with van der Waals surface area (Å²) in [6.45, 7) is 0. The summed E-state index contributed by atoms with van der Waals surface area (Å²) >= 11 is 0. The summed E-state index contributed by atoms with van der Waals surface area (Å²) in [5.74, 6) is -8.24. The fourth-order valence-electron chi connectivity index (χ4n) is 2.68. The molecule has 0 bridgehead atoms.